The number of rotatable bonds is 5. The summed E-state index contributed by atoms with van der Waals surface area (Å²) < 4.78 is 5.11. The van der Waals surface area contributed by atoms with Gasteiger partial charge in [0.25, 0.3) is 5.56 Å². The van der Waals surface area contributed by atoms with Gasteiger partial charge in [0.1, 0.15) is 5.82 Å². The van der Waals surface area contributed by atoms with Crippen LogP contribution < -0.4 is 5.56 Å². The van der Waals surface area contributed by atoms with E-state index in [9.17, 15) is 4.79 Å². The molecule has 1 aromatic heterocycles. The molecule has 0 aliphatic carbocycles. The van der Waals surface area contributed by atoms with Gasteiger partial charge < -0.3 is 14.8 Å². The lowest BCUT2D eigenvalue weighted by Crippen LogP contribution is -2.22. The molecule has 1 aromatic rings. The predicted molar refractivity (Wildman–Crippen MR) is 60.6 cm³/mol. The Hall–Kier alpha value is -1.20. The molecule has 0 aliphatic heterocycles. The molecule has 16 heavy (non-hydrogen) atoms. The van der Waals surface area contributed by atoms with Gasteiger partial charge in [0.2, 0.25) is 0 Å². The Morgan fingerprint density at radius 1 is 1.56 bits per heavy atom. The highest BCUT2D eigenvalue weighted by molar-refractivity contribution is 5.16. The SMILES string of the molecule is COC(C)Cc1nc(C)c(CCO)c(=O)[nH]1. The molecule has 0 aromatic carbocycles. The van der Waals surface area contributed by atoms with Gasteiger partial charge >= 0.3 is 0 Å². The Balaban J connectivity index is 2.96. The lowest BCUT2D eigenvalue weighted by molar-refractivity contribution is 0.117. The Kier molecular flexibility index (Phi) is 4.64. The van der Waals surface area contributed by atoms with E-state index in [2.05, 4.69) is 9.97 Å². The van der Waals surface area contributed by atoms with Gasteiger partial charge in [-0.1, -0.05) is 0 Å². The summed E-state index contributed by atoms with van der Waals surface area (Å²) in [5, 5.41) is 8.82. The first kappa shape index (κ1) is 12.9. The number of H-pyrrole nitrogens is 1. The number of aryl methyl sites for hydroxylation is 1. The molecule has 1 rings (SSSR count). The van der Waals surface area contributed by atoms with Crippen molar-refractivity contribution in [3.05, 3.63) is 27.4 Å². The molecule has 2 N–H and O–H groups in total. The fourth-order valence-corrected chi connectivity index (χ4v) is 1.53. The molecule has 1 atom stereocenters. The van der Waals surface area contributed by atoms with Gasteiger partial charge in [-0.2, -0.15) is 0 Å². The standard InChI is InChI=1S/C11H18N2O3/c1-7(16-3)6-10-12-8(2)9(4-5-14)11(15)13-10/h7,14H,4-6H2,1-3H3,(H,12,13,15). The molecule has 0 aliphatic rings. The van der Waals surface area contributed by atoms with Crippen molar-refractivity contribution in [1.29, 1.82) is 0 Å². The minimum Gasteiger partial charge on any atom is -0.396 e. The maximum atomic E-state index is 11.7. The number of aromatic nitrogens is 2. The summed E-state index contributed by atoms with van der Waals surface area (Å²) in [5.41, 5.74) is 1.06. The third kappa shape index (κ3) is 3.15. The van der Waals surface area contributed by atoms with Crippen LogP contribution in [0.4, 0.5) is 0 Å². The van der Waals surface area contributed by atoms with Crippen LogP contribution in [0.1, 0.15) is 24.0 Å². The van der Waals surface area contributed by atoms with Crippen molar-refractivity contribution < 1.29 is 9.84 Å². The van der Waals surface area contributed by atoms with E-state index in [0.717, 1.165) is 0 Å². The summed E-state index contributed by atoms with van der Waals surface area (Å²) >= 11 is 0. The van der Waals surface area contributed by atoms with Crippen molar-refractivity contribution in [2.75, 3.05) is 13.7 Å². The highest BCUT2D eigenvalue weighted by atomic mass is 16.5. The van der Waals surface area contributed by atoms with Crippen molar-refractivity contribution in [2.45, 2.75) is 32.8 Å². The molecule has 5 nitrogen and oxygen atoms in total. The van der Waals surface area contributed by atoms with E-state index in [0.29, 0.717) is 29.9 Å². The third-order valence-corrected chi connectivity index (χ3v) is 2.52. The van der Waals surface area contributed by atoms with Crippen molar-refractivity contribution in [3.63, 3.8) is 0 Å². The molecule has 90 valence electrons. The molecular weight excluding hydrogens is 208 g/mol. The molecule has 5 heteroatoms. The molecule has 0 spiro atoms. The van der Waals surface area contributed by atoms with Crippen LogP contribution in [-0.2, 0) is 17.6 Å². The molecule has 1 unspecified atom stereocenters. The Morgan fingerprint density at radius 3 is 2.75 bits per heavy atom. The molecule has 0 amide bonds. The van der Waals surface area contributed by atoms with Gasteiger partial charge in [0.15, 0.2) is 0 Å². The van der Waals surface area contributed by atoms with Crippen LogP contribution in [0.15, 0.2) is 4.79 Å². The first-order valence-corrected chi connectivity index (χ1v) is 5.30. The maximum absolute atomic E-state index is 11.7. The van der Waals surface area contributed by atoms with Gasteiger partial charge in [0, 0.05) is 37.8 Å². The summed E-state index contributed by atoms with van der Waals surface area (Å²) in [5.74, 6) is 0.624. The molecular formula is C11H18N2O3. The Labute approximate surface area is 94.5 Å². The average Bonchev–Trinajstić information content (AvgIpc) is 2.23. The number of hydrogen-bond donors (Lipinski definition) is 2. The zero-order valence-electron chi connectivity index (χ0n) is 9.91. The predicted octanol–water partition coefficient (Wildman–Crippen LogP) is 0.191. The molecule has 0 saturated carbocycles. The van der Waals surface area contributed by atoms with E-state index in [1.54, 1.807) is 14.0 Å². The molecule has 0 fully saturated rings. The zero-order valence-corrected chi connectivity index (χ0v) is 9.91. The van der Waals surface area contributed by atoms with Gasteiger partial charge in [0.05, 0.1) is 6.10 Å². The number of aromatic amines is 1. The third-order valence-electron chi connectivity index (χ3n) is 2.52. The lowest BCUT2D eigenvalue weighted by Gasteiger charge is -2.10. The van der Waals surface area contributed by atoms with Gasteiger partial charge in [-0.3, -0.25) is 4.79 Å². The number of hydrogen-bond acceptors (Lipinski definition) is 4. The van der Waals surface area contributed by atoms with Crippen molar-refractivity contribution >= 4 is 0 Å². The second-order valence-electron chi connectivity index (χ2n) is 3.80. The summed E-state index contributed by atoms with van der Waals surface area (Å²) in [6, 6.07) is 0. The second kappa shape index (κ2) is 5.77. The fraction of sp³-hybridized carbons (Fsp3) is 0.636. The summed E-state index contributed by atoms with van der Waals surface area (Å²) in [7, 11) is 1.62. The van der Waals surface area contributed by atoms with E-state index in [-0.39, 0.29) is 18.3 Å². The zero-order chi connectivity index (χ0) is 12.1. The molecule has 0 bridgehead atoms. The first-order chi connectivity index (χ1) is 7.58. The number of aliphatic hydroxyl groups excluding tert-OH is 1. The number of aliphatic hydroxyl groups is 1. The molecule has 1 heterocycles. The highest BCUT2D eigenvalue weighted by Crippen LogP contribution is 2.03. The van der Waals surface area contributed by atoms with Crippen LogP contribution in [0.5, 0.6) is 0 Å². The van der Waals surface area contributed by atoms with Crippen LogP contribution in [0, 0.1) is 6.92 Å². The van der Waals surface area contributed by atoms with E-state index in [4.69, 9.17) is 9.84 Å². The van der Waals surface area contributed by atoms with Crippen molar-refractivity contribution in [2.24, 2.45) is 0 Å². The van der Waals surface area contributed by atoms with Crippen LogP contribution in [0.25, 0.3) is 0 Å². The van der Waals surface area contributed by atoms with Gasteiger partial charge in [-0.25, -0.2) is 4.98 Å². The highest BCUT2D eigenvalue weighted by Gasteiger charge is 2.09. The van der Waals surface area contributed by atoms with E-state index in [1.165, 1.54) is 0 Å². The minimum absolute atomic E-state index is 0.0197. The lowest BCUT2D eigenvalue weighted by atomic mass is 10.1. The van der Waals surface area contributed by atoms with Crippen molar-refractivity contribution in [1.82, 2.24) is 9.97 Å². The fourth-order valence-electron chi connectivity index (χ4n) is 1.53. The van der Waals surface area contributed by atoms with Crippen LogP contribution in [0.3, 0.4) is 0 Å². The summed E-state index contributed by atoms with van der Waals surface area (Å²) in [6.07, 6.45) is 0.937. The number of methoxy groups -OCH3 is 1. The van der Waals surface area contributed by atoms with Gasteiger partial charge in [-0.05, 0) is 13.8 Å². The molecule has 0 saturated heterocycles. The number of nitrogens with zero attached hydrogens (tertiary/aromatic N) is 1. The summed E-state index contributed by atoms with van der Waals surface area (Å²) in [4.78, 5) is 18.7. The first-order valence-electron chi connectivity index (χ1n) is 5.30. The monoisotopic (exact) mass is 226 g/mol. The van der Waals surface area contributed by atoms with E-state index >= 15 is 0 Å². The van der Waals surface area contributed by atoms with E-state index in [1.807, 2.05) is 6.92 Å². The normalized spacial score (nSPS) is 12.8. The smallest absolute Gasteiger partial charge is 0.254 e. The minimum atomic E-state index is -0.167. The van der Waals surface area contributed by atoms with Crippen molar-refractivity contribution in [3.8, 4) is 0 Å². The summed E-state index contributed by atoms with van der Waals surface area (Å²) in [6.45, 7) is 3.65. The Morgan fingerprint density at radius 2 is 2.25 bits per heavy atom. The van der Waals surface area contributed by atoms with Crippen LogP contribution >= 0.6 is 0 Å². The molecule has 0 radical (unpaired) electrons. The quantitative estimate of drug-likeness (QED) is 0.751. The number of nitrogens with one attached hydrogen (secondary N) is 1. The van der Waals surface area contributed by atoms with E-state index < -0.39 is 0 Å². The largest absolute Gasteiger partial charge is 0.396 e. The van der Waals surface area contributed by atoms with Crippen LogP contribution in [0.2, 0.25) is 0 Å². The Bertz CT molecular complexity index is 401. The topological polar surface area (TPSA) is 75.2 Å². The maximum Gasteiger partial charge on any atom is 0.254 e. The van der Waals surface area contributed by atoms with Crippen LogP contribution in [-0.4, -0.2) is 34.9 Å². The number of ether oxygens (including phenoxy) is 1. The van der Waals surface area contributed by atoms with Gasteiger partial charge in [-0.15, -0.1) is 0 Å². The average molecular weight is 226 g/mol. The second-order valence-corrected chi connectivity index (χ2v) is 3.80.